The number of hydrogen-bond donors (Lipinski definition) is 1. The van der Waals surface area contributed by atoms with Gasteiger partial charge in [-0.3, -0.25) is 9.69 Å². The second kappa shape index (κ2) is 7.55. The van der Waals surface area contributed by atoms with Crippen LogP contribution < -0.4 is 15.7 Å². The molecule has 6 aliphatic rings. The Bertz CT molecular complexity index is 1080. The molecule has 8 heteroatoms. The number of nitrogens with one attached hydrogen (secondary N) is 1. The van der Waals surface area contributed by atoms with E-state index in [0.717, 1.165) is 69.3 Å². The molecule has 36 heavy (non-hydrogen) atoms. The lowest BCUT2D eigenvalue weighted by Crippen LogP contribution is -2.57. The fourth-order valence-corrected chi connectivity index (χ4v) is 7.38. The van der Waals surface area contributed by atoms with E-state index in [4.69, 9.17) is 9.31 Å². The Morgan fingerprint density at radius 2 is 1.67 bits per heavy atom. The van der Waals surface area contributed by atoms with Crippen LogP contribution in [0.5, 0.6) is 0 Å². The number of rotatable bonds is 3. The SMILES string of the molecule is CC1(C)OB(c2ccc3c(c2)N([C@H]2C[C@@H](N4CC(F)C5(CC5)C4)C2)C(=O)C32CCNCC2)OC1(C)C. The van der Waals surface area contributed by atoms with Gasteiger partial charge in [-0.25, -0.2) is 4.39 Å². The minimum atomic E-state index is -0.675. The Balaban J connectivity index is 1.18. The lowest BCUT2D eigenvalue weighted by atomic mass is 9.72. The van der Waals surface area contributed by atoms with Crippen LogP contribution in [0.2, 0.25) is 0 Å². The van der Waals surface area contributed by atoms with Gasteiger partial charge in [-0.1, -0.05) is 12.1 Å². The highest BCUT2D eigenvalue weighted by molar-refractivity contribution is 6.62. The Morgan fingerprint density at radius 3 is 2.28 bits per heavy atom. The first-order valence-corrected chi connectivity index (χ1v) is 14.0. The van der Waals surface area contributed by atoms with E-state index in [1.54, 1.807) is 0 Å². The van der Waals surface area contributed by atoms with Gasteiger partial charge >= 0.3 is 7.12 Å². The number of alkyl halides is 1. The quantitative estimate of drug-likeness (QED) is 0.654. The first-order chi connectivity index (χ1) is 17.1. The van der Waals surface area contributed by atoms with Gasteiger partial charge < -0.3 is 19.5 Å². The zero-order valence-corrected chi connectivity index (χ0v) is 22.1. The summed E-state index contributed by atoms with van der Waals surface area (Å²) in [4.78, 5) is 18.7. The highest BCUT2D eigenvalue weighted by Crippen LogP contribution is 2.56. The van der Waals surface area contributed by atoms with Crippen LogP contribution in [0.1, 0.15) is 71.8 Å². The number of anilines is 1. The fraction of sp³-hybridized carbons (Fsp3) is 0.750. The highest BCUT2D eigenvalue weighted by Gasteiger charge is 2.60. The maximum atomic E-state index is 14.6. The van der Waals surface area contributed by atoms with E-state index in [9.17, 15) is 9.18 Å². The van der Waals surface area contributed by atoms with Crippen LogP contribution in [0.3, 0.4) is 0 Å². The van der Waals surface area contributed by atoms with Gasteiger partial charge in [-0.15, -0.1) is 0 Å². The number of carbonyl (C=O) groups excluding carboxylic acids is 1. The van der Waals surface area contributed by atoms with Crippen LogP contribution in [0.15, 0.2) is 18.2 Å². The van der Waals surface area contributed by atoms with E-state index in [1.165, 1.54) is 5.56 Å². The zero-order valence-electron chi connectivity index (χ0n) is 22.1. The molecule has 7 rings (SSSR count). The van der Waals surface area contributed by atoms with Gasteiger partial charge in [0.2, 0.25) is 5.91 Å². The van der Waals surface area contributed by atoms with E-state index in [2.05, 4.69) is 61.0 Å². The molecule has 1 unspecified atom stereocenters. The molecule has 4 aliphatic heterocycles. The molecular weight excluding hydrogens is 456 g/mol. The molecule has 1 amide bonds. The van der Waals surface area contributed by atoms with Crippen molar-refractivity contribution in [2.24, 2.45) is 5.41 Å². The maximum Gasteiger partial charge on any atom is 0.494 e. The van der Waals surface area contributed by atoms with Gasteiger partial charge in [0.05, 0.1) is 16.6 Å². The molecule has 2 saturated carbocycles. The van der Waals surface area contributed by atoms with E-state index in [1.807, 2.05) is 0 Å². The number of fused-ring (bicyclic) bond motifs is 2. The van der Waals surface area contributed by atoms with Gasteiger partial charge in [0.15, 0.2) is 0 Å². The Hall–Kier alpha value is -1.48. The van der Waals surface area contributed by atoms with Crippen LogP contribution in [-0.2, 0) is 19.5 Å². The zero-order chi connectivity index (χ0) is 25.1. The van der Waals surface area contributed by atoms with E-state index < -0.39 is 29.9 Å². The molecule has 5 fully saturated rings. The minimum absolute atomic E-state index is 0.0436. The molecule has 4 heterocycles. The number of amides is 1. The molecule has 3 saturated heterocycles. The second-order valence-corrected chi connectivity index (χ2v) is 13.4. The molecular formula is C28H39BFN3O3. The standard InChI is InChI=1S/C28H39BFN3O3/c1-25(2)26(3,4)36-29(35-25)18-5-6-21-22(13-18)33(24(34)28(21)9-11-31-12-10-28)20-14-19(15-20)32-16-23(30)27(17-32)7-8-27/h5-6,13,19-20,23,31H,7-12,14-17H2,1-4H3/t19-,20+,23?. The molecule has 194 valence electrons. The van der Waals surface area contributed by atoms with E-state index in [-0.39, 0.29) is 17.4 Å². The molecule has 1 N–H and O–H groups in total. The van der Waals surface area contributed by atoms with Crippen LogP contribution >= 0.6 is 0 Å². The third-order valence-electron chi connectivity index (χ3n) is 10.8. The van der Waals surface area contributed by atoms with Gasteiger partial charge in [0.25, 0.3) is 0 Å². The lowest BCUT2D eigenvalue weighted by molar-refractivity contribution is -0.125. The van der Waals surface area contributed by atoms with E-state index in [0.29, 0.717) is 12.6 Å². The topological polar surface area (TPSA) is 54.0 Å². The second-order valence-electron chi connectivity index (χ2n) is 13.4. The summed E-state index contributed by atoms with van der Waals surface area (Å²) in [6.07, 6.45) is 4.94. The molecule has 0 radical (unpaired) electrons. The highest BCUT2D eigenvalue weighted by atomic mass is 19.1. The van der Waals surface area contributed by atoms with Crippen LogP contribution in [0, 0.1) is 5.41 Å². The van der Waals surface area contributed by atoms with Gasteiger partial charge in [-0.2, -0.15) is 0 Å². The van der Waals surface area contributed by atoms with Crippen molar-refractivity contribution in [2.45, 2.75) is 101 Å². The largest absolute Gasteiger partial charge is 0.494 e. The fourth-order valence-electron chi connectivity index (χ4n) is 7.38. The van der Waals surface area contributed by atoms with Crippen LogP contribution in [-0.4, -0.2) is 73.6 Å². The normalized spacial score (nSPS) is 35.5. The van der Waals surface area contributed by atoms with Crippen LogP contribution in [0.25, 0.3) is 0 Å². The van der Waals surface area contributed by atoms with Gasteiger partial charge in [0.1, 0.15) is 6.17 Å². The third-order valence-corrected chi connectivity index (χ3v) is 10.8. The summed E-state index contributed by atoms with van der Waals surface area (Å²) in [7, 11) is -0.447. The number of nitrogens with zero attached hydrogens (tertiary/aromatic N) is 2. The minimum Gasteiger partial charge on any atom is -0.399 e. The molecule has 1 aromatic rings. The summed E-state index contributed by atoms with van der Waals surface area (Å²) in [6, 6.07) is 7.00. The van der Waals surface area contributed by atoms with Crippen molar-refractivity contribution in [3.63, 3.8) is 0 Å². The lowest BCUT2D eigenvalue weighted by Gasteiger charge is -2.46. The van der Waals surface area contributed by atoms with Crippen molar-refractivity contribution in [3.8, 4) is 0 Å². The third kappa shape index (κ3) is 3.20. The van der Waals surface area contributed by atoms with Gasteiger partial charge in [-0.05, 0) is 96.4 Å². The predicted molar refractivity (Wildman–Crippen MR) is 138 cm³/mol. The Kier molecular flexibility index (Phi) is 4.96. The molecule has 2 aliphatic carbocycles. The summed E-state index contributed by atoms with van der Waals surface area (Å²) in [5.41, 5.74) is 1.88. The average molecular weight is 495 g/mol. The van der Waals surface area contributed by atoms with Gasteiger partial charge in [0, 0.05) is 36.3 Å². The first-order valence-electron chi connectivity index (χ1n) is 14.0. The van der Waals surface area contributed by atoms with Crippen molar-refractivity contribution in [1.82, 2.24) is 10.2 Å². The summed E-state index contributed by atoms with van der Waals surface area (Å²) in [6.45, 7) is 11.5. The predicted octanol–water partition coefficient (Wildman–Crippen LogP) is 2.92. The first kappa shape index (κ1) is 23.6. The summed E-state index contributed by atoms with van der Waals surface area (Å²) in [5, 5.41) is 3.44. The molecule has 2 spiro atoms. The summed E-state index contributed by atoms with van der Waals surface area (Å²) < 4.78 is 27.3. The number of piperidine rings is 1. The number of hydrogen-bond acceptors (Lipinski definition) is 5. The average Bonchev–Trinajstić information content (AvgIpc) is 3.41. The number of carbonyl (C=O) groups is 1. The van der Waals surface area contributed by atoms with Crippen LogP contribution in [0.4, 0.5) is 10.1 Å². The monoisotopic (exact) mass is 495 g/mol. The number of benzene rings is 1. The molecule has 1 atom stereocenters. The van der Waals surface area contributed by atoms with Crippen molar-refractivity contribution >= 4 is 24.2 Å². The van der Waals surface area contributed by atoms with Crippen molar-refractivity contribution in [3.05, 3.63) is 23.8 Å². The Morgan fingerprint density at radius 1 is 1.00 bits per heavy atom. The molecule has 6 nitrogen and oxygen atoms in total. The molecule has 0 aromatic heterocycles. The van der Waals surface area contributed by atoms with Crippen molar-refractivity contribution in [2.75, 3.05) is 31.1 Å². The smallest absolute Gasteiger partial charge is 0.399 e. The Labute approximate surface area is 214 Å². The van der Waals surface area contributed by atoms with Crippen molar-refractivity contribution < 1.29 is 18.5 Å². The summed E-state index contributed by atoms with van der Waals surface area (Å²) >= 11 is 0. The number of halogens is 1. The summed E-state index contributed by atoms with van der Waals surface area (Å²) in [5.74, 6) is 0.261. The maximum absolute atomic E-state index is 14.6. The number of likely N-dealkylation sites (tertiary alicyclic amines) is 1. The molecule has 0 bridgehead atoms. The van der Waals surface area contributed by atoms with Crippen molar-refractivity contribution in [1.29, 1.82) is 0 Å². The molecule has 1 aromatic carbocycles. The van der Waals surface area contributed by atoms with E-state index >= 15 is 0 Å².